The lowest BCUT2D eigenvalue weighted by Gasteiger charge is -2.67. The van der Waals surface area contributed by atoms with Crippen LogP contribution >= 0.6 is 0 Å². The lowest BCUT2D eigenvalue weighted by molar-refractivity contribution is -0.309. The fraction of sp³-hybridized carbons (Fsp3) is 0.958. The van der Waals surface area contributed by atoms with E-state index >= 15 is 0 Å². The molecule has 0 radical (unpaired) electrons. The Morgan fingerprint density at radius 1 is 1.03 bits per heavy atom. The van der Waals surface area contributed by atoms with Crippen LogP contribution in [-0.4, -0.2) is 58.8 Å². The van der Waals surface area contributed by atoms with Crippen LogP contribution in [0.4, 0.5) is 0 Å². The van der Waals surface area contributed by atoms with Crippen molar-refractivity contribution in [3.05, 3.63) is 0 Å². The van der Waals surface area contributed by atoms with E-state index in [2.05, 4.69) is 6.92 Å². The van der Waals surface area contributed by atoms with E-state index in [0.717, 1.165) is 51.4 Å². The van der Waals surface area contributed by atoms with Gasteiger partial charge in [0, 0.05) is 19.3 Å². The fourth-order valence-electron chi connectivity index (χ4n) is 8.47. The molecule has 2 saturated heterocycles. The Morgan fingerprint density at radius 3 is 2.58 bits per heavy atom. The molecule has 7 nitrogen and oxygen atoms in total. The largest absolute Gasteiger partial charge is 0.432 e. The first-order chi connectivity index (χ1) is 14.6. The molecule has 0 aromatic rings. The Hall–Kier alpha value is -0.730. The van der Waals surface area contributed by atoms with Crippen molar-refractivity contribution < 1.29 is 34.3 Å². The van der Waals surface area contributed by atoms with Gasteiger partial charge in [-0.15, -0.1) is 0 Å². The highest BCUT2D eigenvalue weighted by molar-refractivity contribution is 5.77. The van der Waals surface area contributed by atoms with Crippen LogP contribution in [0.1, 0.15) is 78.1 Å². The number of aliphatic hydroxyl groups is 3. The number of hydrogen-bond acceptors (Lipinski definition) is 7. The quantitative estimate of drug-likeness (QED) is 0.569. The van der Waals surface area contributed by atoms with E-state index in [1.165, 1.54) is 0 Å². The average molecular weight is 439 g/mol. The van der Waals surface area contributed by atoms with Crippen LogP contribution < -0.4 is 0 Å². The normalized spacial score (nSPS) is 54.4. The minimum atomic E-state index is -1.00. The van der Waals surface area contributed by atoms with Crippen LogP contribution in [0.15, 0.2) is 0 Å². The summed E-state index contributed by atoms with van der Waals surface area (Å²) in [6.45, 7) is 5.11. The number of carbonyl (C=O) groups excluding carboxylic acids is 1. The summed E-state index contributed by atoms with van der Waals surface area (Å²) in [5, 5.41) is 30.8. The monoisotopic (exact) mass is 438 g/mol. The van der Waals surface area contributed by atoms with Gasteiger partial charge in [-0.2, -0.15) is 0 Å². The Morgan fingerprint density at radius 2 is 1.81 bits per heavy atom. The first-order valence-electron chi connectivity index (χ1n) is 12.2. The molecular formula is C24H38O7. The number of esters is 1. The van der Waals surface area contributed by atoms with Crippen molar-refractivity contribution in [2.45, 2.75) is 102 Å². The summed E-state index contributed by atoms with van der Waals surface area (Å²) in [6, 6.07) is 0. The average Bonchev–Trinajstić information content (AvgIpc) is 2.68. The molecule has 3 aliphatic carbocycles. The van der Waals surface area contributed by atoms with Crippen molar-refractivity contribution in [2.75, 3.05) is 13.2 Å². The molecule has 1 spiro atoms. The predicted octanol–water partition coefficient (Wildman–Crippen LogP) is 2.50. The first-order valence-corrected chi connectivity index (χ1v) is 12.2. The van der Waals surface area contributed by atoms with Gasteiger partial charge in [0.15, 0.2) is 5.79 Å². The van der Waals surface area contributed by atoms with Crippen LogP contribution in [-0.2, 0) is 19.0 Å². The fourth-order valence-corrected chi connectivity index (χ4v) is 8.47. The van der Waals surface area contributed by atoms with Crippen molar-refractivity contribution in [2.24, 2.45) is 28.1 Å². The highest BCUT2D eigenvalue weighted by Gasteiger charge is 2.66. The van der Waals surface area contributed by atoms with Gasteiger partial charge in [0.2, 0.25) is 6.29 Å². The third-order valence-electron chi connectivity index (χ3n) is 9.84. The Kier molecular flexibility index (Phi) is 5.26. The van der Waals surface area contributed by atoms with Gasteiger partial charge >= 0.3 is 5.97 Å². The first kappa shape index (κ1) is 22.1. The van der Waals surface area contributed by atoms with Crippen molar-refractivity contribution in [3.8, 4) is 0 Å². The van der Waals surface area contributed by atoms with Gasteiger partial charge in [-0.3, -0.25) is 4.79 Å². The molecule has 3 saturated carbocycles. The molecule has 5 fully saturated rings. The molecule has 2 bridgehead atoms. The molecule has 2 heterocycles. The SMILES string of the molecule is CC1(C(=O)OC2OCC(O)CC2O)CCCC2(C)C3CCC4(O)CC3(CCO4)CCC12. The molecule has 5 aliphatic rings. The second kappa shape index (κ2) is 7.39. The molecule has 9 unspecified atom stereocenters. The van der Waals surface area contributed by atoms with E-state index < -0.39 is 29.7 Å². The summed E-state index contributed by atoms with van der Waals surface area (Å²) in [4.78, 5) is 13.5. The van der Waals surface area contributed by atoms with E-state index in [-0.39, 0.29) is 35.7 Å². The summed E-state index contributed by atoms with van der Waals surface area (Å²) in [6.07, 6.45) is 5.57. The molecule has 0 amide bonds. The molecule has 0 aromatic carbocycles. The molecule has 3 N–H and O–H groups in total. The predicted molar refractivity (Wildman–Crippen MR) is 111 cm³/mol. The number of fused-ring (bicyclic) bond motifs is 3. The van der Waals surface area contributed by atoms with Gasteiger partial charge in [0.05, 0.1) is 24.7 Å². The molecule has 2 aliphatic heterocycles. The molecule has 0 aromatic heterocycles. The van der Waals surface area contributed by atoms with Crippen LogP contribution in [0.3, 0.4) is 0 Å². The number of aliphatic hydroxyl groups excluding tert-OH is 2. The van der Waals surface area contributed by atoms with Gasteiger partial charge in [-0.05, 0) is 68.1 Å². The van der Waals surface area contributed by atoms with E-state index in [1.54, 1.807) is 0 Å². The standard InChI is InChI=1S/C24H38O7/c1-21-6-3-7-22(2,20(27)31-19-16(26)12-15(25)13-29-19)17(21)4-8-23-10-11-30-24(28,14-23)9-5-18(21)23/h15-19,25-26,28H,3-14H2,1-2H3. The zero-order chi connectivity index (χ0) is 22.1. The Balaban J connectivity index is 1.38. The van der Waals surface area contributed by atoms with Crippen molar-refractivity contribution in [3.63, 3.8) is 0 Å². The smallest absolute Gasteiger partial charge is 0.314 e. The maximum Gasteiger partial charge on any atom is 0.314 e. The number of hydrogen-bond donors (Lipinski definition) is 3. The van der Waals surface area contributed by atoms with Crippen LogP contribution in [0.5, 0.6) is 0 Å². The topological polar surface area (TPSA) is 105 Å². The summed E-state index contributed by atoms with van der Waals surface area (Å²) in [5.41, 5.74) is -0.491. The van der Waals surface area contributed by atoms with E-state index in [0.29, 0.717) is 18.9 Å². The van der Waals surface area contributed by atoms with Gasteiger partial charge in [0.1, 0.15) is 6.10 Å². The third kappa shape index (κ3) is 3.38. The van der Waals surface area contributed by atoms with Crippen LogP contribution in [0.25, 0.3) is 0 Å². The van der Waals surface area contributed by atoms with Crippen molar-refractivity contribution in [1.82, 2.24) is 0 Å². The molecule has 176 valence electrons. The molecule has 31 heavy (non-hydrogen) atoms. The Bertz CT molecular complexity index is 729. The number of ether oxygens (including phenoxy) is 3. The second-order valence-electron chi connectivity index (χ2n) is 11.6. The van der Waals surface area contributed by atoms with Crippen LogP contribution in [0.2, 0.25) is 0 Å². The third-order valence-corrected chi connectivity index (χ3v) is 9.84. The summed E-state index contributed by atoms with van der Waals surface area (Å²) >= 11 is 0. The van der Waals surface area contributed by atoms with Gasteiger partial charge in [-0.1, -0.05) is 13.3 Å². The highest BCUT2D eigenvalue weighted by Crippen LogP contribution is 2.70. The van der Waals surface area contributed by atoms with E-state index in [1.807, 2.05) is 6.92 Å². The van der Waals surface area contributed by atoms with E-state index in [9.17, 15) is 20.1 Å². The minimum absolute atomic E-state index is 0.0190. The van der Waals surface area contributed by atoms with Crippen molar-refractivity contribution in [1.29, 1.82) is 0 Å². The summed E-state index contributed by atoms with van der Waals surface area (Å²) in [7, 11) is 0. The molecule has 7 heteroatoms. The number of carbonyl (C=O) groups is 1. The zero-order valence-electron chi connectivity index (χ0n) is 18.8. The minimum Gasteiger partial charge on any atom is -0.432 e. The summed E-state index contributed by atoms with van der Waals surface area (Å²) in [5.74, 6) is -0.563. The molecular weight excluding hydrogens is 400 g/mol. The van der Waals surface area contributed by atoms with Gasteiger partial charge in [0.25, 0.3) is 0 Å². The molecule has 9 atom stereocenters. The maximum absolute atomic E-state index is 13.5. The van der Waals surface area contributed by atoms with Gasteiger partial charge < -0.3 is 29.5 Å². The lowest BCUT2D eigenvalue weighted by Crippen LogP contribution is -2.63. The van der Waals surface area contributed by atoms with Gasteiger partial charge in [-0.25, -0.2) is 0 Å². The van der Waals surface area contributed by atoms with Crippen molar-refractivity contribution >= 4 is 5.97 Å². The second-order valence-corrected chi connectivity index (χ2v) is 11.6. The number of rotatable bonds is 2. The Labute approximate surface area is 184 Å². The summed E-state index contributed by atoms with van der Waals surface area (Å²) < 4.78 is 16.9. The molecule has 5 rings (SSSR count). The lowest BCUT2D eigenvalue weighted by atomic mass is 9.39. The zero-order valence-corrected chi connectivity index (χ0v) is 18.8. The van der Waals surface area contributed by atoms with Crippen LogP contribution in [0, 0.1) is 28.1 Å². The maximum atomic E-state index is 13.5. The van der Waals surface area contributed by atoms with E-state index in [4.69, 9.17) is 14.2 Å². The highest BCUT2D eigenvalue weighted by atomic mass is 16.7.